The van der Waals surface area contributed by atoms with Crippen LogP contribution in [0.2, 0.25) is 0 Å². The molecule has 0 fully saturated rings. The fourth-order valence-corrected chi connectivity index (χ4v) is 3.83. The summed E-state index contributed by atoms with van der Waals surface area (Å²) in [6, 6.07) is 9.59. The fraction of sp³-hybridized carbons (Fsp3) is 0.182. The summed E-state index contributed by atoms with van der Waals surface area (Å²) in [5.74, 6) is 0.596. The molecule has 1 N–H and O–H groups in total. The van der Waals surface area contributed by atoms with E-state index in [1.807, 2.05) is 66.5 Å². The van der Waals surface area contributed by atoms with Crippen LogP contribution in [0.4, 0.5) is 0 Å². The second-order valence-corrected chi connectivity index (χ2v) is 7.31. The summed E-state index contributed by atoms with van der Waals surface area (Å²) in [6.45, 7) is 4.21. The maximum absolute atomic E-state index is 12.7. The van der Waals surface area contributed by atoms with Gasteiger partial charge in [0.05, 0.1) is 42.9 Å². The summed E-state index contributed by atoms with van der Waals surface area (Å²) in [6.07, 6.45) is 7.63. The number of amides is 1. The van der Waals surface area contributed by atoms with Crippen LogP contribution in [0.1, 0.15) is 27.5 Å². The Hall–Kier alpha value is -3.94. The Labute approximate surface area is 172 Å². The van der Waals surface area contributed by atoms with Crippen molar-refractivity contribution < 1.29 is 13.7 Å². The lowest BCUT2D eigenvalue weighted by Gasteiger charge is -2.05. The fourth-order valence-electron chi connectivity index (χ4n) is 3.83. The highest BCUT2D eigenvalue weighted by Crippen LogP contribution is 2.27. The van der Waals surface area contributed by atoms with Gasteiger partial charge in [0.2, 0.25) is 0 Å². The van der Waals surface area contributed by atoms with Gasteiger partial charge in [-0.05, 0) is 32.0 Å². The molecule has 8 heteroatoms. The molecule has 0 saturated heterocycles. The number of pyridine rings is 2. The molecule has 0 radical (unpaired) electrons. The molecule has 0 aromatic carbocycles. The Morgan fingerprint density at radius 2 is 2.13 bits per heavy atom. The molecule has 8 nitrogen and oxygen atoms in total. The van der Waals surface area contributed by atoms with E-state index in [0.29, 0.717) is 17.8 Å². The molecule has 150 valence electrons. The van der Waals surface area contributed by atoms with Gasteiger partial charge in [0, 0.05) is 17.8 Å². The number of rotatable bonds is 4. The average Bonchev–Trinajstić information content (AvgIpc) is 3.41. The van der Waals surface area contributed by atoms with Gasteiger partial charge in [0.15, 0.2) is 5.69 Å². The minimum Gasteiger partial charge on any atom is -0.361 e. The number of carbonyl (C=O) groups excluding carboxylic acids is 1. The first kappa shape index (κ1) is 18.1. The van der Waals surface area contributed by atoms with Crippen LogP contribution in [0.25, 0.3) is 22.6 Å². The monoisotopic (exact) mass is 401 g/mol. The molecule has 0 aliphatic carbocycles. The first-order valence-electron chi connectivity index (χ1n) is 9.66. The zero-order chi connectivity index (χ0) is 20.8. The van der Waals surface area contributed by atoms with Gasteiger partial charge in [0.25, 0.3) is 11.6 Å². The van der Waals surface area contributed by atoms with E-state index in [-0.39, 0.29) is 5.91 Å². The highest BCUT2D eigenvalue weighted by molar-refractivity contribution is 5.95. The highest BCUT2D eigenvalue weighted by Gasteiger charge is 2.18. The van der Waals surface area contributed by atoms with Crippen molar-refractivity contribution >= 4 is 17.2 Å². The van der Waals surface area contributed by atoms with Crippen molar-refractivity contribution in [2.75, 3.05) is 0 Å². The third-order valence-corrected chi connectivity index (χ3v) is 5.43. The van der Waals surface area contributed by atoms with Crippen molar-refractivity contribution in [3.63, 3.8) is 0 Å². The number of aromatic nitrogens is 5. The molecule has 5 aromatic heterocycles. The van der Waals surface area contributed by atoms with E-state index in [9.17, 15) is 4.79 Å². The molecule has 0 bridgehead atoms. The summed E-state index contributed by atoms with van der Waals surface area (Å²) in [4.78, 5) is 17.2. The Morgan fingerprint density at radius 3 is 2.90 bits per heavy atom. The predicted molar refractivity (Wildman–Crippen MR) is 110 cm³/mol. The maximum Gasteiger partial charge on any atom is 0.286 e. The van der Waals surface area contributed by atoms with Crippen LogP contribution >= 0.6 is 0 Å². The van der Waals surface area contributed by atoms with Crippen LogP contribution in [0, 0.1) is 13.8 Å². The van der Waals surface area contributed by atoms with Crippen LogP contribution in [0.15, 0.2) is 59.6 Å². The van der Waals surface area contributed by atoms with Gasteiger partial charge in [-0.25, -0.2) is 14.0 Å². The SMILES string of the molecule is Cc1noc(C)c1-c1cnc2cc(C(=O)NCc3c[n+]4ccccc4n3C)ccn12. The van der Waals surface area contributed by atoms with Crippen molar-refractivity contribution in [3.8, 4) is 11.3 Å². The van der Waals surface area contributed by atoms with Crippen LogP contribution in [0.3, 0.4) is 0 Å². The Bertz CT molecular complexity index is 1390. The molecular weight excluding hydrogens is 380 g/mol. The zero-order valence-electron chi connectivity index (χ0n) is 17.0. The minimum absolute atomic E-state index is 0.144. The summed E-state index contributed by atoms with van der Waals surface area (Å²) in [7, 11) is 1.99. The average molecular weight is 401 g/mol. The number of nitrogens with zero attached hydrogens (tertiary/aromatic N) is 5. The number of imidazole rings is 2. The molecule has 0 atom stereocenters. The number of nitrogens with one attached hydrogen (secondary N) is 1. The van der Waals surface area contributed by atoms with Gasteiger partial charge < -0.3 is 9.84 Å². The number of fused-ring (bicyclic) bond motifs is 2. The van der Waals surface area contributed by atoms with Crippen molar-refractivity contribution in [3.05, 3.63) is 77.8 Å². The lowest BCUT2D eigenvalue weighted by atomic mass is 10.1. The third kappa shape index (κ3) is 2.85. The molecule has 5 aromatic rings. The zero-order valence-corrected chi connectivity index (χ0v) is 17.0. The molecule has 0 saturated carbocycles. The number of carbonyl (C=O) groups is 1. The van der Waals surface area contributed by atoms with E-state index < -0.39 is 0 Å². The summed E-state index contributed by atoms with van der Waals surface area (Å²) < 4.78 is 11.3. The molecule has 0 unspecified atom stereocenters. The smallest absolute Gasteiger partial charge is 0.286 e. The van der Waals surface area contributed by atoms with Crippen molar-refractivity contribution in [1.29, 1.82) is 0 Å². The van der Waals surface area contributed by atoms with E-state index in [1.54, 1.807) is 18.3 Å². The van der Waals surface area contributed by atoms with Gasteiger partial charge in [0.1, 0.15) is 17.6 Å². The van der Waals surface area contributed by atoms with Crippen LogP contribution in [-0.2, 0) is 13.6 Å². The number of aryl methyl sites for hydroxylation is 3. The lowest BCUT2D eigenvalue weighted by molar-refractivity contribution is -0.510. The Kier molecular flexibility index (Phi) is 4.13. The molecule has 0 aliphatic heterocycles. The van der Waals surface area contributed by atoms with E-state index in [4.69, 9.17) is 4.52 Å². The molecule has 30 heavy (non-hydrogen) atoms. The van der Waals surface area contributed by atoms with E-state index in [2.05, 4.69) is 20.0 Å². The second kappa shape index (κ2) is 6.84. The normalized spacial score (nSPS) is 11.4. The van der Waals surface area contributed by atoms with Gasteiger partial charge in [-0.3, -0.25) is 9.20 Å². The topological polar surface area (TPSA) is 81.5 Å². The summed E-state index contributed by atoms with van der Waals surface area (Å²) >= 11 is 0. The Morgan fingerprint density at radius 1 is 1.27 bits per heavy atom. The maximum atomic E-state index is 12.7. The van der Waals surface area contributed by atoms with E-state index in [0.717, 1.165) is 34.1 Å². The first-order chi connectivity index (χ1) is 14.5. The molecule has 0 spiro atoms. The quantitative estimate of drug-likeness (QED) is 0.470. The largest absolute Gasteiger partial charge is 0.361 e. The molecule has 0 aliphatic rings. The molecule has 5 heterocycles. The predicted octanol–water partition coefficient (Wildman–Crippen LogP) is 2.61. The van der Waals surface area contributed by atoms with Crippen LogP contribution in [-0.4, -0.2) is 25.0 Å². The van der Waals surface area contributed by atoms with Gasteiger partial charge in [-0.2, -0.15) is 0 Å². The highest BCUT2D eigenvalue weighted by atomic mass is 16.5. The van der Waals surface area contributed by atoms with Gasteiger partial charge in [-0.15, -0.1) is 0 Å². The van der Waals surface area contributed by atoms with Crippen molar-refractivity contribution in [2.24, 2.45) is 7.05 Å². The van der Waals surface area contributed by atoms with Crippen molar-refractivity contribution in [2.45, 2.75) is 20.4 Å². The van der Waals surface area contributed by atoms with E-state index >= 15 is 0 Å². The standard InChI is InChI=1S/C22H20N6O2/c1-14-21(15(2)30-25-14)18-12-23-19-10-16(7-9-28(18)19)22(29)24-11-17-13-27-8-5-4-6-20(27)26(17)3/h4-10,12-13H,11H2,1-3H3/p+1. The molecule has 5 rings (SSSR count). The van der Waals surface area contributed by atoms with E-state index in [1.165, 1.54) is 0 Å². The van der Waals surface area contributed by atoms with Gasteiger partial charge >= 0.3 is 0 Å². The van der Waals surface area contributed by atoms with Crippen LogP contribution in [0.5, 0.6) is 0 Å². The summed E-state index contributed by atoms with van der Waals surface area (Å²) in [5, 5.41) is 7.02. The van der Waals surface area contributed by atoms with Gasteiger partial charge in [-0.1, -0.05) is 11.2 Å². The number of hydrogen-bond acceptors (Lipinski definition) is 4. The molecular formula is C22H21N6O2+. The molecule has 1 amide bonds. The minimum atomic E-state index is -0.144. The van der Waals surface area contributed by atoms with Crippen molar-refractivity contribution in [1.82, 2.24) is 24.4 Å². The Balaban J connectivity index is 1.39. The lowest BCUT2D eigenvalue weighted by Crippen LogP contribution is -2.24. The summed E-state index contributed by atoms with van der Waals surface area (Å²) in [5.41, 5.74) is 5.95. The number of hydrogen-bond donors (Lipinski definition) is 1. The third-order valence-electron chi connectivity index (χ3n) is 5.43. The second-order valence-electron chi connectivity index (χ2n) is 7.31. The first-order valence-corrected chi connectivity index (χ1v) is 9.66. The van der Waals surface area contributed by atoms with Crippen LogP contribution < -0.4 is 9.72 Å².